The van der Waals surface area contributed by atoms with Crippen LogP contribution in [0.5, 0.6) is 0 Å². The SMILES string of the molecule is O=C(CN1C(=O)NC2(CCCCCC2)C1=O)c1ccc(I)cc1. The predicted molar refractivity (Wildman–Crippen MR) is 94.2 cm³/mol. The minimum absolute atomic E-state index is 0.187. The Balaban J connectivity index is 1.75. The molecule has 1 aromatic rings. The molecule has 1 N–H and O–H groups in total. The molecule has 1 saturated heterocycles. The van der Waals surface area contributed by atoms with E-state index < -0.39 is 11.6 Å². The third kappa shape index (κ3) is 3.27. The Morgan fingerprint density at radius 1 is 1.09 bits per heavy atom. The van der Waals surface area contributed by atoms with Crippen molar-refractivity contribution in [1.82, 2.24) is 10.2 Å². The molecular formula is C17H19IN2O3. The van der Waals surface area contributed by atoms with Gasteiger partial charge in [-0.25, -0.2) is 4.79 Å². The number of imide groups is 1. The number of hydrogen-bond acceptors (Lipinski definition) is 3. The Bertz CT molecular complexity index is 634. The fraction of sp³-hybridized carbons (Fsp3) is 0.471. The predicted octanol–water partition coefficient (Wildman–Crippen LogP) is 3.12. The number of benzene rings is 1. The second-order valence-corrected chi connectivity index (χ2v) is 7.49. The number of amides is 3. The lowest BCUT2D eigenvalue weighted by molar-refractivity contribution is -0.131. The molecule has 0 bridgehead atoms. The highest BCUT2D eigenvalue weighted by Crippen LogP contribution is 2.32. The van der Waals surface area contributed by atoms with Crippen molar-refractivity contribution in [1.29, 1.82) is 0 Å². The summed E-state index contributed by atoms with van der Waals surface area (Å²) in [4.78, 5) is 38.4. The van der Waals surface area contributed by atoms with Crippen molar-refractivity contribution in [2.24, 2.45) is 0 Å². The molecule has 122 valence electrons. The van der Waals surface area contributed by atoms with Crippen molar-refractivity contribution < 1.29 is 14.4 Å². The van der Waals surface area contributed by atoms with Gasteiger partial charge in [0.25, 0.3) is 5.91 Å². The number of carbonyl (C=O) groups excluding carboxylic acids is 3. The van der Waals surface area contributed by atoms with Gasteiger partial charge in [-0.05, 0) is 47.6 Å². The number of halogens is 1. The van der Waals surface area contributed by atoms with Gasteiger partial charge in [-0.15, -0.1) is 0 Å². The first-order valence-corrected chi connectivity index (χ1v) is 9.03. The number of urea groups is 1. The molecule has 2 aliphatic rings. The average Bonchev–Trinajstić information content (AvgIpc) is 2.72. The van der Waals surface area contributed by atoms with Crippen LogP contribution in [0, 0.1) is 3.57 Å². The third-order valence-electron chi connectivity index (χ3n) is 4.67. The lowest BCUT2D eigenvalue weighted by Crippen LogP contribution is -2.46. The Morgan fingerprint density at radius 2 is 1.70 bits per heavy atom. The first kappa shape index (κ1) is 16.4. The summed E-state index contributed by atoms with van der Waals surface area (Å²) in [7, 11) is 0. The lowest BCUT2D eigenvalue weighted by Gasteiger charge is -2.24. The highest BCUT2D eigenvalue weighted by molar-refractivity contribution is 14.1. The van der Waals surface area contributed by atoms with E-state index in [1.807, 2.05) is 12.1 Å². The van der Waals surface area contributed by atoms with Gasteiger partial charge in [-0.2, -0.15) is 0 Å². The summed E-state index contributed by atoms with van der Waals surface area (Å²) in [5.41, 5.74) is -0.257. The quantitative estimate of drug-likeness (QED) is 0.459. The zero-order valence-electron chi connectivity index (χ0n) is 12.8. The van der Waals surface area contributed by atoms with E-state index in [0.717, 1.165) is 34.2 Å². The molecule has 0 radical (unpaired) electrons. The number of rotatable bonds is 3. The molecular weight excluding hydrogens is 407 g/mol. The molecule has 0 atom stereocenters. The molecule has 1 spiro atoms. The lowest BCUT2D eigenvalue weighted by atomic mass is 9.90. The highest BCUT2D eigenvalue weighted by atomic mass is 127. The normalized spacial score (nSPS) is 20.5. The summed E-state index contributed by atoms with van der Waals surface area (Å²) in [5.74, 6) is -0.446. The van der Waals surface area contributed by atoms with Crippen LogP contribution in [-0.2, 0) is 4.79 Å². The van der Waals surface area contributed by atoms with Gasteiger partial charge in [0.1, 0.15) is 5.54 Å². The number of hydrogen-bond donors (Lipinski definition) is 1. The summed E-state index contributed by atoms with van der Waals surface area (Å²) in [6, 6.07) is 6.70. The zero-order valence-corrected chi connectivity index (χ0v) is 15.0. The van der Waals surface area contributed by atoms with Crippen LogP contribution in [0.25, 0.3) is 0 Å². The van der Waals surface area contributed by atoms with E-state index in [-0.39, 0.29) is 18.2 Å². The third-order valence-corrected chi connectivity index (χ3v) is 5.39. The smallest absolute Gasteiger partial charge is 0.323 e. The Kier molecular flexibility index (Phi) is 4.70. The van der Waals surface area contributed by atoms with E-state index in [9.17, 15) is 14.4 Å². The summed E-state index contributed by atoms with van der Waals surface area (Å²) in [6.45, 7) is -0.187. The molecule has 6 heteroatoms. The second kappa shape index (κ2) is 6.59. The maximum Gasteiger partial charge on any atom is 0.325 e. The van der Waals surface area contributed by atoms with Crippen molar-refractivity contribution >= 4 is 40.3 Å². The van der Waals surface area contributed by atoms with E-state index in [4.69, 9.17) is 0 Å². The van der Waals surface area contributed by atoms with Crippen molar-refractivity contribution in [3.05, 3.63) is 33.4 Å². The number of carbonyl (C=O) groups is 3. The molecule has 2 fully saturated rings. The standard InChI is InChI=1S/C17H19IN2O3/c18-13-7-5-12(6-8-13)14(21)11-20-15(22)17(19-16(20)23)9-3-1-2-4-10-17/h5-8H,1-4,9-11H2,(H,19,23). The highest BCUT2D eigenvalue weighted by Gasteiger charge is 2.51. The van der Waals surface area contributed by atoms with Gasteiger partial charge < -0.3 is 5.32 Å². The van der Waals surface area contributed by atoms with Crippen molar-refractivity contribution in [2.45, 2.75) is 44.1 Å². The topological polar surface area (TPSA) is 66.5 Å². The van der Waals surface area contributed by atoms with Crippen molar-refractivity contribution in [3.63, 3.8) is 0 Å². The molecule has 1 saturated carbocycles. The van der Waals surface area contributed by atoms with Gasteiger partial charge in [0.05, 0.1) is 6.54 Å². The zero-order chi connectivity index (χ0) is 16.4. The molecule has 1 aliphatic heterocycles. The van der Waals surface area contributed by atoms with Gasteiger partial charge in [-0.3, -0.25) is 14.5 Å². The second-order valence-electron chi connectivity index (χ2n) is 6.25. The van der Waals surface area contributed by atoms with E-state index in [1.165, 1.54) is 0 Å². The van der Waals surface area contributed by atoms with Crippen LogP contribution in [0.3, 0.4) is 0 Å². The summed E-state index contributed by atoms with van der Waals surface area (Å²) < 4.78 is 1.03. The Hall–Kier alpha value is -1.44. The minimum atomic E-state index is -0.778. The van der Waals surface area contributed by atoms with Crippen LogP contribution in [-0.4, -0.2) is 34.7 Å². The van der Waals surface area contributed by atoms with Crippen LogP contribution in [0.15, 0.2) is 24.3 Å². The first-order chi connectivity index (χ1) is 11.0. The van der Waals surface area contributed by atoms with Crippen LogP contribution < -0.4 is 5.32 Å². The van der Waals surface area contributed by atoms with Gasteiger partial charge in [-0.1, -0.05) is 37.8 Å². The largest absolute Gasteiger partial charge is 0.325 e. The molecule has 0 unspecified atom stereocenters. The molecule has 1 heterocycles. The first-order valence-electron chi connectivity index (χ1n) is 7.95. The van der Waals surface area contributed by atoms with Gasteiger partial charge in [0.2, 0.25) is 0 Å². The fourth-order valence-electron chi connectivity index (χ4n) is 3.36. The molecule has 1 aromatic carbocycles. The molecule has 23 heavy (non-hydrogen) atoms. The summed E-state index contributed by atoms with van der Waals surface area (Å²) in [6.07, 6.45) is 5.40. The van der Waals surface area contributed by atoms with Crippen molar-refractivity contribution in [3.8, 4) is 0 Å². The van der Waals surface area contributed by atoms with Crippen LogP contribution in [0.4, 0.5) is 4.79 Å². The van der Waals surface area contributed by atoms with Gasteiger partial charge >= 0.3 is 6.03 Å². The van der Waals surface area contributed by atoms with E-state index in [0.29, 0.717) is 18.4 Å². The maximum atomic E-state index is 12.8. The molecule has 3 amide bonds. The van der Waals surface area contributed by atoms with Gasteiger partial charge in [0.15, 0.2) is 5.78 Å². The van der Waals surface area contributed by atoms with Crippen LogP contribution in [0.1, 0.15) is 48.9 Å². The average molecular weight is 426 g/mol. The number of Topliss-reactive ketones (excluding diaryl/α,β-unsaturated/α-hetero) is 1. The number of nitrogens with one attached hydrogen (secondary N) is 1. The number of nitrogens with zero attached hydrogens (tertiary/aromatic N) is 1. The Labute approximate surface area is 148 Å². The molecule has 5 nitrogen and oxygen atoms in total. The summed E-state index contributed by atoms with van der Waals surface area (Å²) in [5, 5.41) is 2.86. The fourth-order valence-corrected chi connectivity index (χ4v) is 3.72. The Morgan fingerprint density at radius 3 is 2.30 bits per heavy atom. The van der Waals surface area contributed by atoms with Crippen molar-refractivity contribution in [2.75, 3.05) is 6.54 Å². The molecule has 1 aliphatic carbocycles. The van der Waals surface area contributed by atoms with E-state index in [2.05, 4.69) is 27.9 Å². The van der Waals surface area contributed by atoms with Crippen LogP contribution in [0.2, 0.25) is 0 Å². The minimum Gasteiger partial charge on any atom is -0.323 e. The monoisotopic (exact) mass is 426 g/mol. The van der Waals surface area contributed by atoms with E-state index >= 15 is 0 Å². The van der Waals surface area contributed by atoms with E-state index in [1.54, 1.807) is 12.1 Å². The summed E-state index contributed by atoms with van der Waals surface area (Å²) >= 11 is 2.17. The molecule has 3 rings (SSSR count). The van der Waals surface area contributed by atoms with Gasteiger partial charge in [0, 0.05) is 9.13 Å². The van der Waals surface area contributed by atoms with Crippen LogP contribution >= 0.6 is 22.6 Å². The number of ketones is 1. The maximum absolute atomic E-state index is 12.8. The molecule has 0 aromatic heterocycles.